The molecular formula is C10H10F4N2O. The Labute approximate surface area is 94.6 Å². The van der Waals surface area contributed by atoms with Gasteiger partial charge >= 0.3 is 6.18 Å². The molecule has 0 amide bonds. The van der Waals surface area contributed by atoms with Crippen molar-refractivity contribution in [2.24, 2.45) is 5.73 Å². The van der Waals surface area contributed by atoms with Crippen LogP contribution in [0, 0.1) is 5.82 Å². The lowest BCUT2D eigenvalue weighted by Gasteiger charge is -2.17. The molecule has 1 aromatic rings. The van der Waals surface area contributed by atoms with Crippen molar-refractivity contribution in [2.75, 3.05) is 6.61 Å². The van der Waals surface area contributed by atoms with Gasteiger partial charge in [0.2, 0.25) is 0 Å². The van der Waals surface area contributed by atoms with Crippen molar-refractivity contribution in [2.45, 2.75) is 18.6 Å². The Hall–Kier alpha value is -1.18. The van der Waals surface area contributed by atoms with E-state index in [0.717, 1.165) is 12.1 Å². The third-order valence-corrected chi connectivity index (χ3v) is 2.50. The SMILES string of the molecule is NC1NC(c2ccc(F)cc2C(F)(F)F)CO1. The number of nitrogens with one attached hydrogen (secondary N) is 1. The zero-order chi connectivity index (χ0) is 12.6. The highest BCUT2D eigenvalue weighted by atomic mass is 19.4. The first-order chi connectivity index (χ1) is 7.88. The average Bonchev–Trinajstić information content (AvgIpc) is 2.63. The fourth-order valence-electron chi connectivity index (χ4n) is 1.75. The lowest BCUT2D eigenvalue weighted by Crippen LogP contribution is -2.33. The quantitative estimate of drug-likeness (QED) is 0.746. The summed E-state index contributed by atoms with van der Waals surface area (Å²) in [6, 6.07) is 1.87. The van der Waals surface area contributed by atoms with Crippen molar-refractivity contribution < 1.29 is 22.3 Å². The number of alkyl halides is 3. The molecule has 0 aliphatic carbocycles. The molecule has 1 aromatic carbocycles. The smallest absolute Gasteiger partial charge is 0.348 e. The first-order valence-electron chi connectivity index (χ1n) is 4.88. The molecule has 1 aliphatic rings. The summed E-state index contributed by atoms with van der Waals surface area (Å²) in [5, 5.41) is 2.64. The van der Waals surface area contributed by atoms with Crippen LogP contribution in [0.3, 0.4) is 0 Å². The predicted octanol–water partition coefficient (Wildman–Crippen LogP) is 1.75. The molecule has 2 unspecified atom stereocenters. The van der Waals surface area contributed by atoms with E-state index in [9.17, 15) is 17.6 Å². The molecule has 0 bridgehead atoms. The summed E-state index contributed by atoms with van der Waals surface area (Å²) in [5.74, 6) is -0.927. The van der Waals surface area contributed by atoms with Crippen molar-refractivity contribution in [1.82, 2.24) is 5.32 Å². The average molecular weight is 250 g/mol. The molecule has 1 aliphatic heterocycles. The highest BCUT2D eigenvalue weighted by molar-refractivity contribution is 5.33. The van der Waals surface area contributed by atoms with Crippen molar-refractivity contribution in [1.29, 1.82) is 0 Å². The summed E-state index contributed by atoms with van der Waals surface area (Å²) in [6.07, 6.45) is -5.41. The van der Waals surface area contributed by atoms with Gasteiger partial charge in [-0.3, -0.25) is 11.1 Å². The van der Waals surface area contributed by atoms with Gasteiger partial charge in [0.05, 0.1) is 18.2 Å². The molecule has 2 rings (SSSR count). The van der Waals surface area contributed by atoms with E-state index < -0.39 is 30.0 Å². The molecule has 1 fully saturated rings. The molecule has 0 radical (unpaired) electrons. The second-order valence-electron chi connectivity index (χ2n) is 3.70. The van der Waals surface area contributed by atoms with Gasteiger partial charge in [-0.1, -0.05) is 6.07 Å². The highest BCUT2D eigenvalue weighted by Crippen LogP contribution is 2.36. The normalized spacial score (nSPS) is 25.2. The van der Waals surface area contributed by atoms with Crippen LogP contribution in [-0.4, -0.2) is 13.0 Å². The zero-order valence-corrected chi connectivity index (χ0v) is 8.59. The first-order valence-corrected chi connectivity index (χ1v) is 4.88. The van der Waals surface area contributed by atoms with Crippen LogP contribution in [0.5, 0.6) is 0 Å². The summed E-state index contributed by atoms with van der Waals surface area (Å²) in [5.41, 5.74) is 4.29. The third kappa shape index (κ3) is 2.56. The van der Waals surface area contributed by atoms with Crippen molar-refractivity contribution in [3.05, 3.63) is 35.1 Å². The molecule has 3 nitrogen and oxygen atoms in total. The second-order valence-corrected chi connectivity index (χ2v) is 3.70. The van der Waals surface area contributed by atoms with E-state index in [1.165, 1.54) is 0 Å². The van der Waals surface area contributed by atoms with Crippen LogP contribution < -0.4 is 11.1 Å². The van der Waals surface area contributed by atoms with Crippen LogP contribution in [0.15, 0.2) is 18.2 Å². The number of halogens is 4. The fraction of sp³-hybridized carbons (Fsp3) is 0.400. The molecule has 94 valence electrons. The number of hydrogen-bond acceptors (Lipinski definition) is 3. The molecule has 0 aromatic heterocycles. The predicted molar refractivity (Wildman–Crippen MR) is 51.2 cm³/mol. The van der Waals surface area contributed by atoms with Crippen LogP contribution >= 0.6 is 0 Å². The molecule has 2 atom stereocenters. The lowest BCUT2D eigenvalue weighted by atomic mass is 10.0. The van der Waals surface area contributed by atoms with E-state index in [4.69, 9.17) is 10.5 Å². The highest BCUT2D eigenvalue weighted by Gasteiger charge is 2.37. The van der Waals surface area contributed by atoms with E-state index in [0.29, 0.717) is 6.07 Å². The van der Waals surface area contributed by atoms with Crippen LogP contribution in [-0.2, 0) is 10.9 Å². The first kappa shape index (κ1) is 12.3. The van der Waals surface area contributed by atoms with E-state index in [1.54, 1.807) is 0 Å². The largest absolute Gasteiger partial charge is 0.416 e. The van der Waals surface area contributed by atoms with E-state index in [-0.39, 0.29) is 12.2 Å². The van der Waals surface area contributed by atoms with Gasteiger partial charge in [-0.2, -0.15) is 13.2 Å². The summed E-state index contributed by atoms with van der Waals surface area (Å²) in [4.78, 5) is 0. The maximum atomic E-state index is 12.9. The number of benzene rings is 1. The third-order valence-electron chi connectivity index (χ3n) is 2.50. The molecular weight excluding hydrogens is 240 g/mol. The molecule has 0 spiro atoms. The van der Waals surface area contributed by atoms with Crippen LogP contribution in [0.25, 0.3) is 0 Å². The standard InChI is InChI=1S/C10H10F4N2O/c11-5-1-2-6(7(3-5)10(12,13)14)8-4-17-9(15)16-8/h1-3,8-9,16H,4,15H2. The summed E-state index contributed by atoms with van der Waals surface area (Å²) in [7, 11) is 0. The molecule has 0 saturated carbocycles. The maximum absolute atomic E-state index is 12.9. The van der Waals surface area contributed by atoms with Crippen molar-refractivity contribution in [3.63, 3.8) is 0 Å². The Bertz CT molecular complexity index is 421. The molecule has 17 heavy (non-hydrogen) atoms. The maximum Gasteiger partial charge on any atom is 0.416 e. The Morgan fingerprint density at radius 3 is 2.59 bits per heavy atom. The number of ether oxygens (including phenoxy) is 1. The summed E-state index contributed by atoms with van der Waals surface area (Å²) < 4.78 is 55.9. The van der Waals surface area contributed by atoms with Crippen LogP contribution in [0.2, 0.25) is 0 Å². The van der Waals surface area contributed by atoms with Gasteiger partial charge in [0.15, 0.2) is 6.35 Å². The van der Waals surface area contributed by atoms with E-state index in [2.05, 4.69) is 5.32 Å². The van der Waals surface area contributed by atoms with Gasteiger partial charge in [0, 0.05) is 0 Å². The zero-order valence-electron chi connectivity index (χ0n) is 8.59. The number of rotatable bonds is 1. The van der Waals surface area contributed by atoms with Gasteiger partial charge in [-0.25, -0.2) is 4.39 Å². The van der Waals surface area contributed by atoms with Crippen molar-refractivity contribution in [3.8, 4) is 0 Å². The van der Waals surface area contributed by atoms with Gasteiger partial charge in [0.1, 0.15) is 5.82 Å². The van der Waals surface area contributed by atoms with E-state index >= 15 is 0 Å². The minimum absolute atomic E-state index is 0.0237. The van der Waals surface area contributed by atoms with Gasteiger partial charge in [-0.05, 0) is 17.7 Å². The number of hydrogen-bond donors (Lipinski definition) is 2. The van der Waals surface area contributed by atoms with Crippen molar-refractivity contribution >= 4 is 0 Å². The summed E-state index contributed by atoms with van der Waals surface area (Å²) >= 11 is 0. The fourth-order valence-corrected chi connectivity index (χ4v) is 1.75. The minimum Gasteiger partial charge on any atom is -0.348 e. The molecule has 1 heterocycles. The second kappa shape index (κ2) is 4.25. The Balaban J connectivity index is 2.39. The van der Waals surface area contributed by atoms with Gasteiger partial charge in [0.25, 0.3) is 0 Å². The lowest BCUT2D eigenvalue weighted by molar-refractivity contribution is -0.138. The molecule has 1 saturated heterocycles. The van der Waals surface area contributed by atoms with Crippen LogP contribution in [0.1, 0.15) is 17.2 Å². The van der Waals surface area contributed by atoms with Crippen LogP contribution in [0.4, 0.5) is 17.6 Å². The minimum atomic E-state index is -4.61. The molecule has 3 N–H and O–H groups in total. The Kier molecular flexibility index (Phi) is 3.07. The Morgan fingerprint density at radius 1 is 1.35 bits per heavy atom. The van der Waals surface area contributed by atoms with E-state index in [1.807, 2.05) is 0 Å². The summed E-state index contributed by atoms with van der Waals surface area (Å²) in [6.45, 7) is 0.0237. The molecule has 7 heteroatoms. The Morgan fingerprint density at radius 2 is 2.06 bits per heavy atom. The van der Waals surface area contributed by atoms with Gasteiger partial charge < -0.3 is 4.74 Å². The monoisotopic (exact) mass is 250 g/mol. The van der Waals surface area contributed by atoms with Gasteiger partial charge in [-0.15, -0.1) is 0 Å². The topological polar surface area (TPSA) is 47.3 Å². The number of nitrogens with two attached hydrogens (primary N) is 1.